The van der Waals surface area contributed by atoms with E-state index in [-0.39, 0.29) is 25.5 Å². The van der Waals surface area contributed by atoms with Crippen molar-refractivity contribution in [1.29, 1.82) is 0 Å². The summed E-state index contributed by atoms with van der Waals surface area (Å²) in [7, 11) is 0. The zero-order valence-corrected chi connectivity index (χ0v) is 17.8. The Morgan fingerprint density at radius 3 is 2.33 bits per heavy atom. The Morgan fingerprint density at radius 2 is 1.78 bits per heavy atom. The second kappa shape index (κ2) is 9.35. The third-order valence-corrected chi connectivity index (χ3v) is 3.43. The number of pyridine rings is 1. The summed E-state index contributed by atoms with van der Waals surface area (Å²) in [5.74, 6) is 1.51. The minimum absolute atomic E-state index is 0. The van der Waals surface area contributed by atoms with Gasteiger partial charge in [-0.25, -0.2) is 5.10 Å². The predicted molar refractivity (Wildman–Crippen MR) is 99.1 cm³/mol. The largest absolute Gasteiger partial charge is 0.349 e. The van der Waals surface area contributed by atoms with Crippen molar-refractivity contribution in [2.45, 2.75) is 26.2 Å². The molecular formula is C20H20IrN6-2. The molecule has 0 saturated heterocycles. The molecule has 0 aliphatic rings. The smallest absolute Gasteiger partial charge is 0.0534 e. The van der Waals surface area contributed by atoms with Crippen molar-refractivity contribution in [3.05, 3.63) is 85.3 Å². The van der Waals surface area contributed by atoms with Gasteiger partial charge in [0.05, 0.1) is 11.6 Å². The molecular weight excluding hydrogens is 516 g/mol. The van der Waals surface area contributed by atoms with Crippen LogP contribution in [0, 0.1) is 12.4 Å². The number of benzene rings is 1. The van der Waals surface area contributed by atoms with Crippen molar-refractivity contribution in [2.75, 3.05) is 0 Å². The number of hydrogen-bond donors (Lipinski definition) is 0. The summed E-state index contributed by atoms with van der Waals surface area (Å²) in [5.41, 5.74) is 0.911. The fourth-order valence-electron chi connectivity index (χ4n) is 2.07. The molecule has 0 atom stereocenters. The SMILES string of the molecule is CC(C)(C)c1n[c-]n(-c2ccccn2)n1.[Ir].[c-]1ccccc1-n1cccn1. The van der Waals surface area contributed by atoms with Crippen molar-refractivity contribution in [1.82, 2.24) is 29.5 Å². The average Bonchev–Trinajstić information content (AvgIpc) is 3.35. The Bertz CT molecular complexity index is 912. The maximum absolute atomic E-state index is 4.34. The molecule has 4 aromatic rings. The van der Waals surface area contributed by atoms with Gasteiger partial charge in [-0.05, 0) is 23.2 Å². The summed E-state index contributed by atoms with van der Waals surface area (Å²) in [6.07, 6.45) is 8.19. The van der Waals surface area contributed by atoms with Crippen molar-refractivity contribution in [3.8, 4) is 11.5 Å². The Morgan fingerprint density at radius 1 is 0.963 bits per heavy atom. The molecule has 0 N–H and O–H groups in total. The second-order valence-electron chi connectivity index (χ2n) is 6.58. The van der Waals surface area contributed by atoms with Gasteiger partial charge in [0, 0.05) is 45.0 Å². The third kappa shape index (κ3) is 5.67. The molecule has 0 fully saturated rings. The van der Waals surface area contributed by atoms with Crippen molar-refractivity contribution in [2.24, 2.45) is 0 Å². The van der Waals surface area contributed by atoms with Gasteiger partial charge in [-0.1, -0.05) is 32.9 Å². The molecule has 0 aliphatic carbocycles. The van der Waals surface area contributed by atoms with Crippen molar-refractivity contribution >= 4 is 0 Å². The fourth-order valence-corrected chi connectivity index (χ4v) is 2.07. The van der Waals surface area contributed by atoms with E-state index in [0.29, 0.717) is 0 Å². The summed E-state index contributed by atoms with van der Waals surface area (Å²) < 4.78 is 3.35. The maximum atomic E-state index is 4.34. The monoisotopic (exact) mass is 537 g/mol. The molecule has 3 aromatic heterocycles. The van der Waals surface area contributed by atoms with Gasteiger partial charge in [-0.2, -0.15) is 29.4 Å². The normalized spacial score (nSPS) is 10.5. The number of aromatic nitrogens is 6. The Hall–Kier alpha value is -2.63. The van der Waals surface area contributed by atoms with Crippen LogP contribution in [0.3, 0.4) is 0 Å². The Balaban J connectivity index is 0.000000194. The summed E-state index contributed by atoms with van der Waals surface area (Å²) in [5, 5.41) is 8.41. The van der Waals surface area contributed by atoms with E-state index in [4.69, 9.17) is 0 Å². The average molecular weight is 537 g/mol. The summed E-state index contributed by atoms with van der Waals surface area (Å²) in [6, 6.07) is 18.4. The van der Waals surface area contributed by atoms with Gasteiger partial charge >= 0.3 is 0 Å². The minimum Gasteiger partial charge on any atom is -0.349 e. The molecule has 0 bridgehead atoms. The van der Waals surface area contributed by atoms with Crippen LogP contribution in [0.2, 0.25) is 0 Å². The fraction of sp³-hybridized carbons (Fsp3) is 0.200. The molecule has 0 saturated carbocycles. The van der Waals surface area contributed by atoms with Gasteiger partial charge in [0.25, 0.3) is 0 Å². The van der Waals surface area contributed by atoms with Gasteiger partial charge in [0.15, 0.2) is 0 Å². The summed E-state index contributed by atoms with van der Waals surface area (Å²) in [4.78, 5) is 8.32. The first-order valence-electron chi connectivity index (χ1n) is 8.27. The van der Waals surface area contributed by atoms with Crippen LogP contribution in [-0.2, 0) is 25.5 Å². The van der Waals surface area contributed by atoms with E-state index in [0.717, 1.165) is 17.3 Å². The first-order valence-corrected chi connectivity index (χ1v) is 8.27. The van der Waals surface area contributed by atoms with Crippen LogP contribution in [0.4, 0.5) is 0 Å². The van der Waals surface area contributed by atoms with Crippen molar-refractivity contribution in [3.63, 3.8) is 0 Å². The maximum Gasteiger partial charge on any atom is 0.0534 e. The van der Waals surface area contributed by atoms with Gasteiger partial charge in [0.1, 0.15) is 0 Å². The summed E-state index contributed by atoms with van der Waals surface area (Å²) in [6.45, 7) is 6.21. The van der Waals surface area contributed by atoms with E-state index in [1.165, 1.54) is 0 Å². The minimum atomic E-state index is -0.0590. The van der Waals surface area contributed by atoms with Gasteiger partial charge in [0.2, 0.25) is 0 Å². The summed E-state index contributed by atoms with van der Waals surface area (Å²) >= 11 is 0. The van der Waals surface area contributed by atoms with E-state index in [2.05, 4.69) is 53.3 Å². The molecule has 27 heavy (non-hydrogen) atoms. The molecule has 3 heterocycles. The van der Waals surface area contributed by atoms with Crippen LogP contribution >= 0.6 is 0 Å². The van der Waals surface area contributed by atoms with Crippen LogP contribution in [-0.4, -0.2) is 29.5 Å². The van der Waals surface area contributed by atoms with E-state index in [1.54, 1.807) is 21.8 Å². The van der Waals surface area contributed by atoms with Crippen LogP contribution in [0.5, 0.6) is 0 Å². The molecule has 7 heteroatoms. The molecule has 4 rings (SSSR count). The number of nitrogens with zero attached hydrogens (tertiary/aromatic N) is 6. The van der Waals surface area contributed by atoms with Crippen LogP contribution in [0.1, 0.15) is 26.6 Å². The Labute approximate surface area is 172 Å². The second-order valence-corrected chi connectivity index (χ2v) is 6.58. The number of rotatable bonds is 2. The predicted octanol–water partition coefficient (Wildman–Crippen LogP) is 3.43. The van der Waals surface area contributed by atoms with Gasteiger partial charge in [-0.15, -0.1) is 6.07 Å². The van der Waals surface area contributed by atoms with E-state index in [9.17, 15) is 0 Å². The van der Waals surface area contributed by atoms with E-state index in [1.807, 2.05) is 54.7 Å². The van der Waals surface area contributed by atoms with E-state index < -0.39 is 0 Å². The molecule has 1 radical (unpaired) electrons. The number of para-hydroxylation sites is 1. The molecule has 6 nitrogen and oxygen atoms in total. The Kier molecular flexibility index (Phi) is 7.16. The molecule has 1 aromatic carbocycles. The molecule has 0 spiro atoms. The van der Waals surface area contributed by atoms with Crippen LogP contribution in [0.15, 0.2) is 67.1 Å². The molecule has 0 aliphatic heterocycles. The zero-order valence-electron chi connectivity index (χ0n) is 15.4. The van der Waals surface area contributed by atoms with Gasteiger partial charge in [-0.3, -0.25) is 4.68 Å². The molecule has 0 unspecified atom stereocenters. The third-order valence-electron chi connectivity index (χ3n) is 3.43. The van der Waals surface area contributed by atoms with Gasteiger partial charge < -0.3 is 14.6 Å². The quantitative estimate of drug-likeness (QED) is 0.369. The van der Waals surface area contributed by atoms with Crippen LogP contribution in [0.25, 0.3) is 11.5 Å². The first kappa shape index (κ1) is 20.7. The van der Waals surface area contributed by atoms with E-state index >= 15 is 0 Å². The topological polar surface area (TPSA) is 61.4 Å². The molecule has 141 valence electrons. The standard InChI is InChI=1S/C11H13N4.C9H7N2.Ir/c1-11(2,3)10-13-8-15(14-10)9-6-4-5-7-12-9;1-2-5-9(6-3-1)11-8-4-7-10-11;/h4-7H,1-3H3;1-5,7-8H;/q2*-1;. The molecule has 0 amide bonds. The van der Waals surface area contributed by atoms with Crippen molar-refractivity contribution < 1.29 is 20.1 Å². The zero-order chi connectivity index (χ0) is 18.4. The van der Waals surface area contributed by atoms with Crippen LogP contribution < -0.4 is 0 Å². The first-order chi connectivity index (χ1) is 12.5. The number of hydrogen-bond acceptors (Lipinski definition) is 4.